The summed E-state index contributed by atoms with van der Waals surface area (Å²) in [5.74, 6) is 1.39. The average molecular weight is 221 g/mol. The molecule has 1 unspecified atom stereocenters. The first-order valence-corrected chi connectivity index (χ1v) is 6.18. The van der Waals surface area contributed by atoms with Crippen molar-refractivity contribution in [1.82, 2.24) is 5.32 Å². The van der Waals surface area contributed by atoms with Gasteiger partial charge in [0.1, 0.15) is 5.82 Å². The largest absolute Gasteiger partial charge is 0.319 e. The molecule has 0 heterocycles. The van der Waals surface area contributed by atoms with Crippen molar-refractivity contribution in [3.63, 3.8) is 0 Å². The van der Waals surface area contributed by atoms with Crippen molar-refractivity contribution in [2.75, 3.05) is 13.6 Å². The normalized spacial score (nSPS) is 18.1. The average Bonchev–Trinajstić information content (AvgIpc) is 2.15. The molecule has 1 fully saturated rings. The lowest BCUT2D eigenvalue weighted by atomic mass is 9.73. The first kappa shape index (κ1) is 11.6. The van der Waals surface area contributed by atoms with Gasteiger partial charge in [-0.2, -0.15) is 0 Å². The van der Waals surface area contributed by atoms with Gasteiger partial charge >= 0.3 is 0 Å². The molecular formula is C14H20FN. The van der Waals surface area contributed by atoms with Crippen LogP contribution in [0.5, 0.6) is 0 Å². The van der Waals surface area contributed by atoms with Gasteiger partial charge in [-0.15, -0.1) is 0 Å². The van der Waals surface area contributed by atoms with E-state index in [1.807, 2.05) is 19.2 Å². The lowest BCUT2D eigenvalue weighted by Crippen LogP contribution is -2.31. The van der Waals surface area contributed by atoms with E-state index in [-0.39, 0.29) is 5.82 Å². The van der Waals surface area contributed by atoms with Crippen molar-refractivity contribution in [3.8, 4) is 0 Å². The highest BCUT2D eigenvalue weighted by Gasteiger charge is 2.26. The Hall–Kier alpha value is -0.890. The summed E-state index contributed by atoms with van der Waals surface area (Å²) in [5, 5.41) is 3.26. The lowest BCUT2D eigenvalue weighted by Gasteiger charge is -2.34. The molecule has 1 aliphatic carbocycles. The van der Waals surface area contributed by atoms with E-state index in [9.17, 15) is 4.39 Å². The Kier molecular flexibility index (Phi) is 3.94. The molecular weight excluding hydrogens is 201 g/mol. The second-order valence-corrected chi connectivity index (χ2v) is 4.84. The zero-order valence-electron chi connectivity index (χ0n) is 9.88. The molecule has 1 nitrogen and oxygen atoms in total. The lowest BCUT2D eigenvalue weighted by molar-refractivity contribution is 0.202. The highest BCUT2D eigenvalue weighted by atomic mass is 19.1. The maximum absolute atomic E-state index is 13.1. The molecule has 0 bridgehead atoms. The minimum absolute atomic E-state index is 0.116. The molecule has 1 saturated carbocycles. The maximum Gasteiger partial charge on any atom is 0.123 e. The topological polar surface area (TPSA) is 12.0 Å². The third-order valence-electron chi connectivity index (χ3n) is 3.67. The predicted octanol–water partition coefficient (Wildman–Crippen LogP) is 3.00. The van der Waals surface area contributed by atoms with Crippen molar-refractivity contribution < 1.29 is 4.39 Å². The molecule has 0 aromatic heterocycles. The van der Waals surface area contributed by atoms with E-state index >= 15 is 0 Å². The summed E-state index contributed by atoms with van der Waals surface area (Å²) in [7, 11) is 2.00. The Morgan fingerprint density at radius 1 is 1.44 bits per heavy atom. The van der Waals surface area contributed by atoms with Crippen LogP contribution in [0.25, 0.3) is 0 Å². The van der Waals surface area contributed by atoms with Gasteiger partial charge < -0.3 is 5.32 Å². The van der Waals surface area contributed by atoms with E-state index in [1.165, 1.54) is 25.3 Å². The third-order valence-corrected chi connectivity index (χ3v) is 3.67. The highest BCUT2D eigenvalue weighted by Crippen LogP contribution is 2.34. The van der Waals surface area contributed by atoms with Crippen LogP contribution in [-0.4, -0.2) is 13.6 Å². The fraction of sp³-hybridized carbons (Fsp3) is 0.571. The number of rotatable bonds is 5. The van der Waals surface area contributed by atoms with Crippen molar-refractivity contribution in [1.29, 1.82) is 0 Å². The fourth-order valence-electron chi connectivity index (χ4n) is 2.55. The molecule has 1 N–H and O–H groups in total. The zero-order chi connectivity index (χ0) is 11.4. The van der Waals surface area contributed by atoms with Gasteiger partial charge in [-0.05, 0) is 49.5 Å². The van der Waals surface area contributed by atoms with E-state index in [1.54, 1.807) is 6.07 Å². The molecule has 0 saturated heterocycles. The van der Waals surface area contributed by atoms with Gasteiger partial charge in [0.25, 0.3) is 0 Å². The van der Waals surface area contributed by atoms with Crippen LogP contribution in [0.4, 0.5) is 4.39 Å². The SMILES string of the molecule is CNCC(Cc1cccc(F)c1)C1CCC1. The van der Waals surface area contributed by atoms with E-state index in [2.05, 4.69) is 5.32 Å². The Bertz CT molecular complexity index is 333. The third kappa shape index (κ3) is 2.82. The van der Waals surface area contributed by atoms with E-state index in [4.69, 9.17) is 0 Å². The Morgan fingerprint density at radius 3 is 2.81 bits per heavy atom. The summed E-state index contributed by atoms with van der Waals surface area (Å²) in [4.78, 5) is 0. The summed E-state index contributed by atoms with van der Waals surface area (Å²) in [5.41, 5.74) is 1.13. The van der Waals surface area contributed by atoms with Crippen molar-refractivity contribution in [3.05, 3.63) is 35.6 Å². The first-order valence-electron chi connectivity index (χ1n) is 6.18. The molecule has 1 aromatic rings. The molecule has 0 aliphatic heterocycles. The van der Waals surface area contributed by atoms with Crippen molar-refractivity contribution >= 4 is 0 Å². The monoisotopic (exact) mass is 221 g/mol. The van der Waals surface area contributed by atoms with Crippen molar-refractivity contribution in [2.24, 2.45) is 11.8 Å². The van der Waals surface area contributed by atoms with Crippen LogP contribution < -0.4 is 5.32 Å². The van der Waals surface area contributed by atoms with Crippen LogP contribution in [0.2, 0.25) is 0 Å². The number of halogens is 1. The second kappa shape index (κ2) is 5.44. The number of benzene rings is 1. The number of hydrogen-bond donors (Lipinski definition) is 1. The molecule has 0 spiro atoms. The molecule has 0 radical (unpaired) electrons. The molecule has 2 rings (SSSR count). The molecule has 0 amide bonds. The number of hydrogen-bond acceptors (Lipinski definition) is 1. The quantitative estimate of drug-likeness (QED) is 0.806. The molecule has 16 heavy (non-hydrogen) atoms. The van der Waals surface area contributed by atoms with Gasteiger partial charge in [0.2, 0.25) is 0 Å². The number of nitrogens with one attached hydrogen (secondary N) is 1. The Balaban J connectivity index is 1.98. The van der Waals surface area contributed by atoms with Crippen LogP contribution in [0.1, 0.15) is 24.8 Å². The minimum atomic E-state index is -0.116. The summed E-state index contributed by atoms with van der Waals surface area (Å²) < 4.78 is 13.1. The minimum Gasteiger partial charge on any atom is -0.319 e. The van der Waals surface area contributed by atoms with Crippen LogP contribution in [0.3, 0.4) is 0 Å². The van der Waals surface area contributed by atoms with E-state index in [0.29, 0.717) is 5.92 Å². The van der Waals surface area contributed by atoms with E-state index in [0.717, 1.165) is 24.4 Å². The Labute approximate surface area is 97.1 Å². The fourth-order valence-corrected chi connectivity index (χ4v) is 2.55. The molecule has 88 valence electrons. The summed E-state index contributed by atoms with van der Waals surface area (Å²) in [6.07, 6.45) is 5.07. The van der Waals surface area contributed by atoms with E-state index < -0.39 is 0 Å². The maximum atomic E-state index is 13.1. The highest BCUT2D eigenvalue weighted by molar-refractivity contribution is 5.17. The predicted molar refractivity (Wildman–Crippen MR) is 64.9 cm³/mol. The van der Waals surface area contributed by atoms with Crippen LogP contribution in [0.15, 0.2) is 24.3 Å². The second-order valence-electron chi connectivity index (χ2n) is 4.84. The Morgan fingerprint density at radius 2 is 2.25 bits per heavy atom. The van der Waals surface area contributed by atoms with Crippen molar-refractivity contribution in [2.45, 2.75) is 25.7 Å². The van der Waals surface area contributed by atoms with Crippen LogP contribution in [0, 0.1) is 17.7 Å². The molecule has 1 aliphatic rings. The van der Waals surface area contributed by atoms with Crippen LogP contribution in [-0.2, 0) is 6.42 Å². The summed E-state index contributed by atoms with van der Waals surface area (Å²) >= 11 is 0. The standard InChI is InChI=1S/C14H20FN/c1-16-10-13(12-5-3-6-12)8-11-4-2-7-14(15)9-11/h2,4,7,9,12-13,16H,3,5-6,8,10H2,1H3. The smallest absolute Gasteiger partial charge is 0.123 e. The van der Waals surface area contributed by atoms with Crippen LogP contribution >= 0.6 is 0 Å². The molecule has 1 aromatic carbocycles. The summed E-state index contributed by atoms with van der Waals surface area (Å²) in [6.45, 7) is 1.04. The van der Waals surface area contributed by atoms with Gasteiger partial charge in [0.05, 0.1) is 0 Å². The molecule has 2 heteroatoms. The molecule has 1 atom stereocenters. The van der Waals surface area contributed by atoms with Gasteiger partial charge in [0, 0.05) is 0 Å². The first-order chi connectivity index (χ1) is 7.79. The summed E-state index contributed by atoms with van der Waals surface area (Å²) in [6, 6.07) is 7.02. The van der Waals surface area contributed by atoms with Gasteiger partial charge in [-0.25, -0.2) is 4.39 Å². The van der Waals surface area contributed by atoms with Gasteiger partial charge in [-0.3, -0.25) is 0 Å². The van der Waals surface area contributed by atoms with Gasteiger partial charge in [-0.1, -0.05) is 31.4 Å². The van der Waals surface area contributed by atoms with Gasteiger partial charge in [0.15, 0.2) is 0 Å². The zero-order valence-corrected chi connectivity index (χ0v) is 9.88.